The van der Waals surface area contributed by atoms with Crippen LogP contribution in [0.1, 0.15) is 57.1 Å². The van der Waals surface area contributed by atoms with Crippen LogP contribution in [-0.4, -0.2) is 24.8 Å². The molecule has 1 atom stereocenters. The fourth-order valence-electron chi connectivity index (χ4n) is 1.67. The minimum Gasteiger partial charge on any atom is -0.381 e. The van der Waals surface area contributed by atoms with Crippen LogP contribution in [0.5, 0.6) is 0 Å². The number of ether oxygens (including phenoxy) is 1. The Bertz CT molecular complexity index is 357. The molecule has 0 aliphatic heterocycles. The number of carbonyl (C=O) groups is 2. The highest BCUT2D eigenvalue weighted by atomic mass is 32.1. The van der Waals surface area contributed by atoms with Crippen molar-refractivity contribution < 1.29 is 14.3 Å². The molecule has 0 radical (unpaired) electrons. The third kappa shape index (κ3) is 7.90. The number of carbonyl (C=O) groups excluding carboxylic acids is 2. The summed E-state index contributed by atoms with van der Waals surface area (Å²) in [6, 6.07) is 3.72. The van der Waals surface area contributed by atoms with Crippen LogP contribution >= 0.6 is 11.3 Å². The molecule has 1 unspecified atom stereocenters. The number of rotatable bonds is 8. The quantitative estimate of drug-likeness (QED) is 0.667. The van der Waals surface area contributed by atoms with Crippen LogP contribution in [0.15, 0.2) is 17.5 Å². The fraction of sp³-hybridized carbons (Fsp3) is 0.600. The van der Waals surface area contributed by atoms with E-state index in [1.54, 1.807) is 14.0 Å². The second kappa shape index (κ2) is 10.9. The molecule has 0 saturated carbocycles. The maximum Gasteiger partial charge on any atom is 0.172 e. The SMILES string of the molecule is C.C.COC(CCCC(=O)c1cccs1)CC(C)=O. The van der Waals surface area contributed by atoms with E-state index in [0.717, 1.165) is 17.7 Å². The van der Waals surface area contributed by atoms with E-state index in [1.807, 2.05) is 17.5 Å². The molecule has 0 saturated heterocycles. The predicted octanol–water partition coefficient (Wildman–Crippen LogP) is 4.37. The van der Waals surface area contributed by atoms with Gasteiger partial charge in [-0.2, -0.15) is 0 Å². The molecule has 110 valence electrons. The van der Waals surface area contributed by atoms with Gasteiger partial charge in [0.2, 0.25) is 0 Å². The van der Waals surface area contributed by atoms with Crippen molar-refractivity contribution in [3.63, 3.8) is 0 Å². The standard InChI is InChI=1S/C13H18O3S.2CH4/c1-10(14)9-11(16-2)5-3-6-12(15)13-7-4-8-17-13;;/h4,7-8,11H,3,5-6,9H2,1-2H3;2*1H4. The molecule has 4 heteroatoms. The van der Waals surface area contributed by atoms with Gasteiger partial charge in [0.25, 0.3) is 0 Å². The Hall–Kier alpha value is -1.00. The zero-order valence-corrected chi connectivity index (χ0v) is 11.1. The molecule has 0 N–H and O–H groups in total. The Kier molecular flexibility index (Phi) is 11.6. The van der Waals surface area contributed by atoms with E-state index in [4.69, 9.17) is 4.74 Å². The van der Waals surface area contributed by atoms with Crippen LogP contribution in [0.25, 0.3) is 0 Å². The van der Waals surface area contributed by atoms with E-state index in [1.165, 1.54) is 11.3 Å². The van der Waals surface area contributed by atoms with E-state index in [2.05, 4.69) is 0 Å². The van der Waals surface area contributed by atoms with E-state index >= 15 is 0 Å². The highest BCUT2D eigenvalue weighted by Gasteiger charge is 2.12. The minimum absolute atomic E-state index is 0. The van der Waals surface area contributed by atoms with Crippen LogP contribution < -0.4 is 0 Å². The summed E-state index contributed by atoms with van der Waals surface area (Å²) in [5.74, 6) is 0.305. The predicted molar refractivity (Wildman–Crippen MR) is 82.1 cm³/mol. The third-order valence-corrected chi connectivity index (χ3v) is 3.49. The number of hydrogen-bond acceptors (Lipinski definition) is 4. The minimum atomic E-state index is -0.0522. The number of methoxy groups -OCH3 is 1. The Morgan fingerprint density at radius 3 is 2.53 bits per heavy atom. The highest BCUT2D eigenvalue weighted by molar-refractivity contribution is 7.12. The van der Waals surface area contributed by atoms with Gasteiger partial charge in [-0.1, -0.05) is 20.9 Å². The molecule has 1 aromatic heterocycles. The first-order valence-corrected chi connectivity index (χ1v) is 6.60. The monoisotopic (exact) mass is 286 g/mol. The van der Waals surface area contributed by atoms with Gasteiger partial charge in [-0.15, -0.1) is 11.3 Å². The maximum atomic E-state index is 11.7. The van der Waals surface area contributed by atoms with Crippen molar-refractivity contribution in [3.8, 4) is 0 Å². The zero-order chi connectivity index (χ0) is 12.7. The summed E-state index contributed by atoms with van der Waals surface area (Å²) in [7, 11) is 1.61. The van der Waals surface area contributed by atoms with Crippen LogP contribution in [0.2, 0.25) is 0 Å². The van der Waals surface area contributed by atoms with Crippen molar-refractivity contribution in [1.82, 2.24) is 0 Å². The highest BCUT2D eigenvalue weighted by Crippen LogP contribution is 2.15. The maximum absolute atomic E-state index is 11.7. The summed E-state index contributed by atoms with van der Waals surface area (Å²) in [6.07, 6.45) is 2.43. The summed E-state index contributed by atoms with van der Waals surface area (Å²) < 4.78 is 5.20. The van der Waals surface area contributed by atoms with Crippen LogP contribution in [0.3, 0.4) is 0 Å². The second-order valence-electron chi connectivity index (χ2n) is 4.06. The fourth-order valence-corrected chi connectivity index (χ4v) is 2.37. The Morgan fingerprint density at radius 2 is 2.05 bits per heavy atom. The van der Waals surface area contributed by atoms with Crippen molar-refractivity contribution in [3.05, 3.63) is 22.4 Å². The van der Waals surface area contributed by atoms with Gasteiger partial charge < -0.3 is 4.74 Å². The molecule has 1 heterocycles. The lowest BCUT2D eigenvalue weighted by atomic mass is 10.1. The topological polar surface area (TPSA) is 43.4 Å². The van der Waals surface area contributed by atoms with Gasteiger partial charge in [0.1, 0.15) is 5.78 Å². The van der Waals surface area contributed by atoms with Gasteiger partial charge in [0.05, 0.1) is 11.0 Å². The van der Waals surface area contributed by atoms with Crippen molar-refractivity contribution >= 4 is 22.9 Å². The lowest BCUT2D eigenvalue weighted by Crippen LogP contribution is -2.15. The summed E-state index contributed by atoms with van der Waals surface area (Å²) in [6.45, 7) is 1.56. The van der Waals surface area contributed by atoms with Gasteiger partial charge in [-0.05, 0) is 31.2 Å². The second-order valence-corrected chi connectivity index (χ2v) is 5.00. The number of thiophene rings is 1. The summed E-state index contributed by atoms with van der Waals surface area (Å²) in [5.41, 5.74) is 0. The molecule has 1 rings (SSSR count). The molecule has 3 nitrogen and oxygen atoms in total. The molecule has 0 aliphatic rings. The van der Waals surface area contributed by atoms with Crippen molar-refractivity contribution in [1.29, 1.82) is 0 Å². The molecule has 0 bridgehead atoms. The first-order chi connectivity index (χ1) is 8.13. The van der Waals surface area contributed by atoms with Gasteiger partial charge in [0.15, 0.2) is 5.78 Å². The van der Waals surface area contributed by atoms with Gasteiger partial charge in [-0.25, -0.2) is 0 Å². The Morgan fingerprint density at radius 1 is 1.37 bits per heavy atom. The van der Waals surface area contributed by atoms with Crippen LogP contribution in [0, 0.1) is 0 Å². The molecular formula is C15H26O3S. The van der Waals surface area contributed by atoms with Crippen molar-refractivity contribution in [2.45, 2.75) is 53.6 Å². The number of Topliss-reactive ketones (excluding diaryl/α,β-unsaturated/α-hetero) is 2. The average Bonchev–Trinajstić information content (AvgIpc) is 2.80. The molecule has 0 aliphatic carbocycles. The van der Waals surface area contributed by atoms with E-state index in [-0.39, 0.29) is 32.5 Å². The molecule has 0 fully saturated rings. The summed E-state index contributed by atoms with van der Waals surface area (Å²) in [4.78, 5) is 23.5. The van der Waals surface area contributed by atoms with Crippen molar-refractivity contribution in [2.24, 2.45) is 0 Å². The summed E-state index contributed by atoms with van der Waals surface area (Å²) >= 11 is 1.47. The zero-order valence-electron chi connectivity index (χ0n) is 10.3. The lowest BCUT2D eigenvalue weighted by molar-refractivity contribution is -0.119. The van der Waals surface area contributed by atoms with Gasteiger partial charge >= 0.3 is 0 Å². The first kappa shape index (κ1) is 20.3. The smallest absolute Gasteiger partial charge is 0.172 e. The van der Waals surface area contributed by atoms with E-state index in [0.29, 0.717) is 12.8 Å². The third-order valence-electron chi connectivity index (χ3n) is 2.57. The van der Waals surface area contributed by atoms with Gasteiger partial charge in [-0.3, -0.25) is 9.59 Å². The lowest BCUT2D eigenvalue weighted by Gasteiger charge is -2.12. The molecule has 0 aromatic carbocycles. The molecular weight excluding hydrogens is 260 g/mol. The molecule has 0 amide bonds. The number of hydrogen-bond donors (Lipinski definition) is 0. The van der Waals surface area contributed by atoms with Crippen LogP contribution in [-0.2, 0) is 9.53 Å². The molecule has 19 heavy (non-hydrogen) atoms. The summed E-state index contributed by atoms with van der Waals surface area (Å²) in [5, 5.41) is 1.90. The number of ketones is 2. The van der Waals surface area contributed by atoms with E-state index in [9.17, 15) is 9.59 Å². The largest absolute Gasteiger partial charge is 0.381 e. The van der Waals surface area contributed by atoms with Crippen LogP contribution in [0.4, 0.5) is 0 Å². The van der Waals surface area contributed by atoms with E-state index < -0.39 is 0 Å². The normalized spacial score (nSPS) is 11.1. The average molecular weight is 286 g/mol. The Balaban J connectivity index is 0. The molecule has 1 aromatic rings. The Labute approximate surface area is 121 Å². The first-order valence-electron chi connectivity index (χ1n) is 5.72. The molecule has 0 spiro atoms. The van der Waals surface area contributed by atoms with Crippen molar-refractivity contribution in [2.75, 3.05) is 7.11 Å². The van der Waals surface area contributed by atoms with Gasteiger partial charge in [0, 0.05) is 20.0 Å².